The lowest BCUT2D eigenvalue weighted by Crippen LogP contribution is -1.99. The molecular weight excluding hydrogens is 208 g/mol. The quantitative estimate of drug-likeness (QED) is 0.817. The van der Waals surface area contributed by atoms with Gasteiger partial charge in [-0.15, -0.1) is 0 Å². The summed E-state index contributed by atoms with van der Waals surface area (Å²) >= 11 is 0. The first kappa shape index (κ1) is 10.4. The van der Waals surface area contributed by atoms with Crippen LogP contribution in [0, 0.1) is 0 Å². The average Bonchev–Trinajstić information content (AvgIpc) is 2.83. The zero-order valence-electron chi connectivity index (χ0n) is 8.87. The Morgan fingerprint density at radius 1 is 1.50 bits per heavy atom. The summed E-state index contributed by atoms with van der Waals surface area (Å²) in [6.45, 7) is 0.700. The highest BCUT2D eigenvalue weighted by molar-refractivity contribution is 5.84. The van der Waals surface area contributed by atoms with Gasteiger partial charge in [0.15, 0.2) is 5.69 Å². The van der Waals surface area contributed by atoms with E-state index in [1.165, 1.54) is 12.5 Å². The monoisotopic (exact) mass is 220 g/mol. The maximum atomic E-state index is 10.6. The van der Waals surface area contributed by atoms with Crippen LogP contribution in [0.4, 0.5) is 0 Å². The van der Waals surface area contributed by atoms with Crippen LogP contribution >= 0.6 is 0 Å². The molecule has 2 heterocycles. The van der Waals surface area contributed by atoms with E-state index >= 15 is 0 Å². The lowest BCUT2D eigenvalue weighted by atomic mass is 10.2. The van der Waals surface area contributed by atoms with Gasteiger partial charge in [-0.25, -0.2) is 9.78 Å². The molecule has 0 amide bonds. The number of aromatic carboxylic acids is 1. The van der Waals surface area contributed by atoms with Crippen molar-refractivity contribution in [3.05, 3.63) is 36.2 Å². The Morgan fingerprint density at radius 3 is 2.88 bits per heavy atom. The Bertz CT molecular complexity index is 500. The van der Waals surface area contributed by atoms with Crippen LogP contribution in [-0.2, 0) is 20.0 Å². The summed E-state index contributed by atoms with van der Waals surface area (Å²) in [5.74, 6) is -1.000. The molecular formula is C10H12N4O2. The van der Waals surface area contributed by atoms with Crippen LogP contribution in [0.25, 0.3) is 0 Å². The second-order valence-electron chi connectivity index (χ2n) is 3.57. The van der Waals surface area contributed by atoms with E-state index in [4.69, 9.17) is 5.11 Å². The summed E-state index contributed by atoms with van der Waals surface area (Å²) in [7, 11) is 1.86. The van der Waals surface area contributed by atoms with Crippen molar-refractivity contribution >= 4 is 5.97 Å². The molecule has 16 heavy (non-hydrogen) atoms. The van der Waals surface area contributed by atoms with Crippen LogP contribution < -0.4 is 0 Å². The molecule has 0 aromatic carbocycles. The predicted octanol–water partition coefficient (Wildman–Crippen LogP) is 0.557. The van der Waals surface area contributed by atoms with E-state index in [9.17, 15) is 4.79 Å². The molecule has 0 fully saturated rings. The standard InChI is InChI=1S/C10H12N4O2/c1-13-5-8(4-12-13)2-3-14-6-9(10(15)16)11-7-14/h4-7H,2-3H2,1H3,(H,15,16). The Hall–Kier alpha value is -2.11. The third-order valence-electron chi connectivity index (χ3n) is 2.27. The molecule has 0 aliphatic carbocycles. The molecule has 0 aliphatic rings. The molecule has 2 aromatic rings. The van der Waals surface area contributed by atoms with Gasteiger partial charge in [-0.1, -0.05) is 0 Å². The lowest BCUT2D eigenvalue weighted by molar-refractivity contribution is 0.0691. The van der Waals surface area contributed by atoms with Crippen molar-refractivity contribution in [2.24, 2.45) is 7.05 Å². The minimum atomic E-state index is -1.000. The number of aromatic nitrogens is 4. The molecule has 1 N–H and O–H groups in total. The van der Waals surface area contributed by atoms with Gasteiger partial charge in [0, 0.05) is 26.0 Å². The fraction of sp³-hybridized carbons (Fsp3) is 0.300. The summed E-state index contributed by atoms with van der Waals surface area (Å²) in [6.07, 6.45) is 7.60. The summed E-state index contributed by atoms with van der Waals surface area (Å²) in [6, 6.07) is 0. The van der Waals surface area contributed by atoms with Crippen molar-refractivity contribution in [2.75, 3.05) is 0 Å². The van der Waals surface area contributed by atoms with Crippen molar-refractivity contribution in [2.45, 2.75) is 13.0 Å². The van der Waals surface area contributed by atoms with E-state index in [1.807, 2.05) is 13.2 Å². The third-order valence-corrected chi connectivity index (χ3v) is 2.27. The molecule has 0 spiro atoms. The number of nitrogens with zero attached hydrogens (tertiary/aromatic N) is 4. The highest BCUT2D eigenvalue weighted by Crippen LogP contribution is 2.02. The molecule has 0 atom stereocenters. The van der Waals surface area contributed by atoms with Crippen molar-refractivity contribution < 1.29 is 9.90 Å². The minimum Gasteiger partial charge on any atom is -0.476 e. The van der Waals surface area contributed by atoms with Crippen molar-refractivity contribution in [3.63, 3.8) is 0 Å². The van der Waals surface area contributed by atoms with Crippen LogP contribution in [0.3, 0.4) is 0 Å². The molecule has 0 bridgehead atoms. The summed E-state index contributed by atoms with van der Waals surface area (Å²) in [4.78, 5) is 14.4. The molecule has 6 heteroatoms. The molecule has 2 rings (SSSR count). The van der Waals surface area contributed by atoms with E-state index in [0.717, 1.165) is 12.0 Å². The van der Waals surface area contributed by atoms with E-state index in [0.29, 0.717) is 6.54 Å². The van der Waals surface area contributed by atoms with E-state index in [2.05, 4.69) is 10.1 Å². The van der Waals surface area contributed by atoms with Gasteiger partial charge in [0.2, 0.25) is 0 Å². The smallest absolute Gasteiger partial charge is 0.356 e. The second kappa shape index (κ2) is 4.18. The Kier molecular flexibility index (Phi) is 2.72. The molecule has 0 unspecified atom stereocenters. The van der Waals surface area contributed by atoms with Crippen LogP contribution in [0.2, 0.25) is 0 Å². The van der Waals surface area contributed by atoms with Gasteiger partial charge < -0.3 is 9.67 Å². The maximum absolute atomic E-state index is 10.6. The summed E-state index contributed by atoms with van der Waals surface area (Å²) in [5, 5.41) is 12.8. The predicted molar refractivity (Wildman–Crippen MR) is 56.1 cm³/mol. The first-order valence-corrected chi connectivity index (χ1v) is 4.88. The van der Waals surface area contributed by atoms with E-state index in [1.54, 1.807) is 15.4 Å². The van der Waals surface area contributed by atoms with Crippen molar-refractivity contribution in [3.8, 4) is 0 Å². The summed E-state index contributed by atoms with van der Waals surface area (Å²) < 4.78 is 3.50. The van der Waals surface area contributed by atoms with Crippen LogP contribution in [0.1, 0.15) is 16.1 Å². The Labute approximate surface area is 92.2 Å². The Morgan fingerprint density at radius 2 is 2.31 bits per heavy atom. The van der Waals surface area contributed by atoms with Gasteiger partial charge in [-0.3, -0.25) is 4.68 Å². The zero-order valence-corrected chi connectivity index (χ0v) is 8.87. The number of imidazole rings is 1. The van der Waals surface area contributed by atoms with Gasteiger partial charge in [-0.2, -0.15) is 5.10 Å². The van der Waals surface area contributed by atoms with Gasteiger partial charge in [0.25, 0.3) is 0 Å². The Balaban J connectivity index is 1.97. The van der Waals surface area contributed by atoms with Gasteiger partial charge in [-0.05, 0) is 12.0 Å². The SMILES string of the molecule is Cn1cc(CCn2cnc(C(=O)O)c2)cn1. The topological polar surface area (TPSA) is 72.9 Å². The first-order chi connectivity index (χ1) is 7.65. The van der Waals surface area contributed by atoms with E-state index < -0.39 is 5.97 Å². The van der Waals surface area contributed by atoms with Crippen LogP contribution in [0.5, 0.6) is 0 Å². The molecule has 84 valence electrons. The van der Waals surface area contributed by atoms with Crippen LogP contribution in [-0.4, -0.2) is 30.4 Å². The lowest BCUT2D eigenvalue weighted by Gasteiger charge is -1.98. The number of rotatable bonds is 4. The zero-order chi connectivity index (χ0) is 11.5. The molecule has 0 radical (unpaired) electrons. The van der Waals surface area contributed by atoms with Gasteiger partial charge >= 0.3 is 5.97 Å². The van der Waals surface area contributed by atoms with Crippen molar-refractivity contribution in [1.29, 1.82) is 0 Å². The molecule has 0 saturated heterocycles. The third kappa shape index (κ3) is 2.28. The molecule has 0 aliphatic heterocycles. The average molecular weight is 220 g/mol. The number of hydrogen-bond donors (Lipinski definition) is 1. The number of aryl methyl sites for hydroxylation is 3. The second-order valence-corrected chi connectivity index (χ2v) is 3.57. The van der Waals surface area contributed by atoms with Crippen LogP contribution in [0.15, 0.2) is 24.9 Å². The molecule has 6 nitrogen and oxygen atoms in total. The van der Waals surface area contributed by atoms with Crippen molar-refractivity contribution in [1.82, 2.24) is 19.3 Å². The summed E-state index contributed by atoms with van der Waals surface area (Å²) in [5.41, 5.74) is 1.19. The molecule has 0 saturated carbocycles. The van der Waals surface area contributed by atoms with E-state index in [-0.39, 0.29) is 5.69 Å². The highest BCUT2D eigenvalue weighted by Gasteiger charge is 2.06. The number of carbonyl (C=O) groups is 1. The molecule has 2 aromatic heterocycles. The number of carboxylic acid groups (broad SMARTS) is 1. The highest BCUT2D eigenvalue weighted by atomic mass is 16.4. The fourth-order valence-corrected chi connectivity index (χ4v) is 1.45. The number of hydrogen-bond acceptors (Lipinski definition) is 3. The number of carboxylic acids is 1. The first-order valence-electron chi connectivity index (χ1n) is 4.88. The van der Waals surface area contributed by atoms with Gasteiger partial charge in [0.05, 0.1) is 12.5 Å². The normalized spacial score (nSPS) is 10.6. The maximum Gasteiger partial charge on any atom is 0.356 e. The largest absolute Gasteiger partial charge is 0.476 e. The fourth-order valence-electron chi connectivity index (χ4n) is 1.45. The van der Waals surface area contributed by atoms with Gasteiger partial charge in [0.1, 0.15) is 0 Å². The minimum absolute atomic E-state index is 0.0752.